The number of rotatable bonds is 5. The zero-order valence-corrected chi connectivity index (χ0v) is 16.2. The lowest BCUT2D eigenvalue weighted by molar-refractivity contribution is 0.445. The highest BCUT2D eigenvalue weighted by Gasteiger charge is 2.17. The van der Waals surface area contributed by atoms with Crippen molar-refractivity contribution in [1.29, 1.82) is 0 Å². The van der Waals surface area contributed by atoms with Gasteiger partial charge in [0.1, 0.15) is 11.5 Å². The van der Waals surface area contributed by atoms with E-state index in [0.29, 0.717) is 23.4 Å². The molecule has 29 heavy (non-hydrogen) atoms. The average molecular weight is 385 g/mol. The maximum Gasteiger partial charge on any atom is 0.128 e. The molecule has 0 bridgehead atoms. The summed E-state index contributed by atoms with van der Waals surface area (Å²) < 4.78 is 1.70. The van der Waals surface area contributed by atoms with Crippen molar-refractivity contribution in [3.05, 3.63) is 90.1 Å². The molecule has 0 aliphatic carbocycles. The number of nitrogens with zero attached hydrogens (tertiary/aromatic N) is 2. The number of hydrogen-bond acceptors (Lipinski definition) is 4. The maximum atomic E-state index is 10.5. The first-order chi connectivity index (χ1) is 14.0. The van der Waals surface area contributed by atoms with E-state index in [0.717, 1.165) is 11.3 Å². The van der Waals surface area contributed by atoms with E-state index in [4.69, 9.17) is 5.73 Å². The average Bonchev–Trinajstić information content (AvgIpc) is 3.20. The van der Waals surface area contributed by atoms with Gasteiger partial charge in [0.25, 0.3) is 0 Å². The number of nitrogens with two attached hydrogens (primary N) is 1. The molecule has 5 heteroatoms. The molecule has 0 amide bonds. The molecule has 0 spiro atoms. The molecule has 0 saturated carbocycles. The van der Waals surface area contributed by atoms with Gasteiger partial charge in [-0.15, -0.1) is 0 Å². The molecule has 0 aliphatic rings. The predicted molar refractivity (Wildman–Crippen MR) is 115 cm³/mol. The molecular formula is C24H23N3O2. The van der Waals surface area contributed by atoms with Crippen LogP contribution in [0.1, 0.15) is 24.0 Å². The first-order valence-corrected chi connectivity index (χ1v) is 9.53. The monoisotopic (exact) mass is 385 g/mol. The van der Waals surface area contributed by atoms with Crippen molar-refractivity contribution in [2.75, 3.05) is 5.73 Å². The third-order valence-electron chi connectivity index (χ3n) is 5.18. The van der Waals surface area contributed by atoms with Crippen LogP contribution in [0.15, 0.2) is 79.0 Å². The molecule has 0 saturated heterocycles. The highest BCUT2D eigenvalue weighted by molar-refractivity contribution is 5.73. The third-order valence-corrected chi connectivity index (χ3v) is 5.18. The van der Waals surface area contributed by atoms with E-state index in [1.54, 1.807) is 10.9 Å². The topological polar surface area (TPSA) is 84.3 Å². The Kier molecular flexibility index (Phi) is 4.96. The Bertz CT molecular complexity index is 1140. The van der Waals surface area contributed by atoms with Crippen LogP contribution in [0.5, 0.6) is 11.5 Å². The first-order valence-electron chi connectivity index (χ1n) is 9.53. The molecule has 146 valence electrons. The lowest BCUT2D eigenvalue weighted by atomic mass is 9.92. The molecule has 1 aromatic heterocycles. The van der Waals surface area contributed by atoms with Gasteiger partial charge in [0.05, 0.1) is 23.3 Å². The van der Waals surface area contributed by atoms with Gasteiger partial charge in [0.2, 0.25) is 0 Å². The van der Waals surface area contributed by atoms with Gasteiger partial charge in [0, 0.05) is 11.6 Å². The number of phenolic OH excluding ortho intramolecular Hbond substituents is 2. The van der Waals surface area contributed by atoms with Gasteiger partial charge in [-0.3, -0.25) is 0 Å². The first kappa shape index (κ1) is 18.6. The summed E-state index contributed by atoms with van der Waals surface area (Å²) in [5.41, 5.74) is 10.7. The number of phenols is 2. The summed E-state index contributed by atoms with van der Waals surface area (Å²) in [6.45, 7) is 2.12. The Balaban J connectivity index is 1.74. The second kappa shape index (κ2) is 7.72. The fourth-order valence-corrected chi connectivity index (χ4v) is 3.60. The molecular weight excluding hydrogens is 362 g/mol. The predicted octanol–water partition coefficient (Wildman–Crippen LogP) is 4.88. The van der Waals surface area contributed by atoms with E-state index in [-0.39, 0.29) is 17.4 Å². The standard InChI is InChI=1S/C24H23N3O2/c1-16(17-7-3-2-4-8-17)13-18-14-19(24(29)15-23(18)28)21-11-12-26-27(21)22-10-6-5-9-20(22)25/h2-12,14-16,28-29H,13,25H2,1H3. The van der Waals surface area contributed by atoms with Crippen molar-refractivity contribution < 1.29 is 10.2 Å². The smallest absolute Gasteiger partial charge is 0.128 e. The molecule has 4 rings (SSSR count). The second-order valence-electron chi connectivity index (χ2n) is 7.20. The summed E-state index contributed by atoms with van der Waals surface area (Å²) in [6, 6.07) is 22.7. The van der Waals surface area contributed by atoms with Crippen LogP contribution >= 0.6 is 0 Å². The number of para-hydroxylation sites is 2. The van der Waals surface area contributed by atoms with Crippen molar-refractivity contribution in [2.45, 2.75) is 19.3 Å². The number of aromatic hydroxyl groups is 2. The molecule has 5 nitrogen and oxygen atoms in total. The largest absolute Gasteiger partial charge is 0.508 e. The fourth-order valence-electron chi connectivity index (χ4n) is 3.60. The SMILES string of the molecule is CC(Cc1cc(-c2ccnn2-c2ccccc2N)c(O)cc1O)c1ccccc1. The van der Waals surface area contributed by atoms with Crippen LogP contribution in [0.2, 0.25) is 0 Å². The maximum absolute atomic E-state index is 10.5. The highest BCUT2D eigenvalue weighted by atomic mass is 16.3. The van der Waals surface area contributed by atoms with Crippen LogP contribution in [0.25, 0.3) is 16.9 Å². The Morgan fingerprint density at radius 1 is 0.931 bits per heavy atom. The van der Waals surface area contributed by atoms with Crippen molar-refractivity contribution in [3.8, 4) is 28.4 Å². The Labute approximate surface area is 169 Å². The van der Waals surface area contributed by atoms with Crippen LogP contribution in [-0.4, -0.2) is 20.0 Å². The quantitative estimate of drug-likeness (QED) is 0.428. The third kappa shape index (κ3) is 3.67. The minimum Gasteiger partial charge on any atom is -0.508 e. The van der Waals surface area contributed by atoms with Gasteiger partial charge in [-0.1, -0.05) is 49.4 Å². The molecule has 4 N–H and O–H groups in total. The van der Waals surface area contributed by atoms with Gasteiger partial charge >= 0.3 is 0 Å². The van der Waals surface area contributed by atoms with Crippen molar-refractivity contribution in [2.24, 2.45) is 0 Å². The van der Waals surface area contributed by atoms with E-state index in [2.05, 4.69) is 24.2 Å². The molecule has 0 radical (unpaired) electrons. The van der Waals surface area contributed by atoms with Crippen LogP contribution in [0, 0.1) is 0 Å². The number of hydrogen-bond donors (Lipinski definition) is 3. The highest BCUT2D eigenvalue weighted by Crippen LogP contribution is 2.38. The Morgan fingerprint density at radius 2 is 1.66 bits per heavy atom. The van der Waals surface area contributed by atoms with Crippen molar-refractivity contribution in [1.82, 2.24) is 9.78 Å². The Hall–Kier alpha value is -3.73. The molecule has 1 atom stereocenters. The number of anilines is 1. The number of aromatic nitrogens is 2. The lowest BCUT2D eigenvalue weighted by Gasteiger charge is -2.16. The number of nitrogen functional groups attached to an aromatic ring is 1. The van der Waals surface area contributed by atoms with E-state index >= 15 is 0 Å². The van der Waals surface area contributed by atoms with Crippen LogP contribution in [0.4, 0.5) is 5.69 Å². The zero-order chi connectivity index (χ0) is 20.4. The van der Waals surface area contributed by atoms with Crippen LogP contribution in [0.3, 0.4) is 0 Å². The van der Waals surface area contributed by atoms with Crippen LogP contribution < -0.4 is 5.73 Å². The van der Waals surface area contributed by atoms with Gasteiger partial charge < -0.3 is 15.9 Å². The van der Waals surface area contributed by atoms with Gasteiger partial charge in [-0.2, -0.15) is 5.10 Å². The molecule has 0 fully saturated rings. The molecule has 3 aromatic carbocycles. The van der Waals surface area contributed by atoms with Crippen molar-refractivity contribution in [3.63, 3.8) is 0 Å². The number of benzene rings is 3. The van der Waals surface area contributed by atoms with E-state index in [1.165, 1.54) is 11.6 Å². The molecule has 0 aliphatic heterocycles. The molecule has 4 aromatic rings. The summed E-state index contributed by atoms with van der Waals surface area (Å²) in [5.74, 6) is 0.295. The summed E-state index contributed by atoms with van der Waals surface area (Å²) in [6.07, 6.45) is 2.31. The van der Waals surface area contributed by atoms with Gasteiger partial charge in [0.15, 0.2) is 0 Å². The Morgan fingerprint density at radius 3 is 2.41 bits per heavy atom. The van der Waals surface area contributed by atoms with Crippen LogP contribution in [-0.2, 0) is 6.42 Å². The molecule has 1 unspecified atom stereocenters. The summed E-state index contributed by atoms with van der Waals surface area (Å²) in [4.78, 5) is 0. The fraction of sp³-hybridized carbons (Fsp3) is 0.125. The van der Waals surface area contributed by atoms with E-state index in [9.17, 15) is 10.2 Å². The normalized spacial score (nSPS) is 12.0. The van der Waals surface area contributed by atoms with Gasteiger partial charge in [-0.25, -0.2) is 4.68 Å². The second-order valence-corrected chi connectivity index (χ2v) is 7.20. The van der Waals surface area contributed by atoms with Gasteiger partial charge in [-0.05, 0) is 47.7 Å². The lowest BCUT2D eigenvalue weighted by Crippen LogP contribution is -2.04. The summed E-state index contributed by atoms with van der Waals surface area (Å²) >= 11 is 0. The minimum absolute atomic E-state index is 0.00475. The van der Waals surface area contributed by atoms with E-state index < -0.39 is 0 Å². The zero-order valence-electron chi connectivity index (χ0n) is 16.2. The summed E-state index contributed by atoms with van der Waals surface area (Å²) in [5, 5.41) is 25.4. The van der Waals surface area contributed by atoms with E-state index in [1.807, 2.05) is 54.6 Å². The summed E-state index contributed by atoms with van der Waals surface area (Å²) in [7, 11) is 0. The van der Waals surface area contributed by atoms with Crippen molar-refractivity contribution >= 4 is 5.69 Å². The molecule has 1 heterocycles. The minimum atomic E-state index is -0.00475.